The molecule has 0 bridgehead atoms. The van der Waals surface area contributed by atoms with E-state index in [2.05, 4.69) is 4.98 Å². The van der Waals surface area contributed by atoms with Crippen molar-refractivity contribution in [3.05, 3.63) is 47.7 Å². The van der Waals surface area contributed by atoms with Gasteiger partial charge in [0.05, 0.1) is 25.8 Å². The van der Waals surface area contributed by atoms with Crippen LogP contribution in [0.25, 0.3) is 0 Å². The highest BCUT2D eigenvalue weighted by Crippen LogP contribution is 2.27. The number of methoxy groups -OCH3 is 1. The van der Waals surface area contributed by atoms with Gasteiger partial charge in [-0.2, -0.15) is 0 Å². The van der Waals surface area contributed by atoms with Crippen LogP contribution in [0.15, 0.2) is 34.9 Å². The molecule has 1 saturated heterocycles. The zero-order chi connectivity index (χ0) is 18.5. The first-order valence-corrected chi connectivity index (χ1v) is 9.05. The molecule has 1 unspecified atom stereocenters. The Balaban J connectivity index is 1.64. The summed E-state index contributed by atoms with van der Waals surface area (Å²) in [5.74, 6) is 2.76. The van der Waals surface area contributed by atoms with E-state index < -0.39 is 0 Å². The van der Waals surface area contributed by atoms with Crippen molar-refractivity contribution in [2.75, 3.05) is 40.8 Å². The van der Waals surface area contributed by atoms with Gasteiger partial charge in [0.15, 0.2) is 5.89 Å². The third kappa shape index (κ3) is 4.64. The zero-order valence-corrected chi connectivity index (χ0v) is 15.8. The summed E-state index contributed by atoms with van der Waals surface area (Å²) in [6, 6.07) is 7.95. The van der Waals surface area contributed by atoms with Gasteiger partial charge >= 0.3 is 0 Å². The monoisotopic (exact) mass is 357 g/mol. The summed E-state index contributed by atoms with van der Waals surface area (Å²) in [4.78, 5) is 20.6. The number of likely N-dealkylation sites (N-methyl/N-ethyl adjacent to an activating group) is 1. The lowest BCUT2D eigenvalue weighted by Gasteiger charge is -2.32. The lowest BCUT2D eigenvalue weighted by atomic mass is 9.98. The molecule has 1 aromatic carbocycles. The Morgan fingerprint density at radius 3 is 3.04 bits per heavy atom. The van der Waals surface area contributed by atoms with Gasteiger partial charge in [-0.15, -0.1) is 0 Å². The molecule has 2 aromatic rings. The first-order chi connectivity index (χ1) is 12.5. The SMILES string of the molecule is COc1cccc(Cc2cnc(C3CCCN(C(=O)CN(C)C)C3)o2)c1. The molecule has 0 saturated carbocycles. The average Bonchev–Trinajstić information content (AvgIpc) is 3.10. The minimum atomic E-state index is 0.169. The van der Waals surface area contributed by atoms with Crippen molar-refractivity contribution in [2.24, 2.45) is 0 Å². The van der Waals surface area contributed by atoms with Crippen LogP contribution in [0.5, 0.6) is 5.75 Å². The molecule has 1 aliphatic heterocycles. The Morgan fingerprint density at radius 2 is 2.27 bits per heavy atom. The quantitative estimate of drug-likeness (QED) is 0.795. The van der Waals surface area contributed by atoms with Gasteiger partial charge in [-0.3, -0.25) is 4.79 Å². The summed E-state index contributed by atoms with van der Waals surface area (Å²) < 4.78 is 11.3. The number of amides is 1. The maximum absolute atomic E-state index is 12.3. The van der Waals surface area contributed by atoms with Gasteiger partial charge in [-0.1, -0.05) is 12.1 Å². The van der Waals surface area contributed by atoms with Crippen molar-refractivity contribution in [1.82, 2.24) is 14.8 Å². The highest BCUT2D eigenvalue weighted by molar-refractivity contribution is 5.78. The molecule has 1 amide bonds. The van der Waals surface area contributed by atoms with Crippen molar-refractivity contribution >= 4 is 5.91 Å². The Kier molecular flexibility index (Phi) is 5.93. The molecule has 0 radical (unpaired) electrons. The largest absolute Gasteiger partial charge is 0.497 e. The van der Waals surface area contributed by atoms with E-state index >= 15 is 0 Å². The normalized spacial score (nSPS) is 17.5. The highest BCUT2D eigenvalue weighted by Gasteiger charge is 2.27. The number of aromatic nitrogens is 1. The van der Waals surface area contributed by atoms with E-state index in [9.17, 15) is 4.79 Å². The van der Waals surface area contributed by atoms with E-state index in [0.717, 1.165) is 42.4 Å². The summed E-state index contributed by atoms with van der Waals surface area (Å²) in [6.07, 6.45) is 4.47. The zero-order valence-electron chi connectivity index (χ0n) is 15.8. The van der Waals surface area contributed by atoms with Crippen LogP contribution >= 0.6 is 0 Å². The number of rotatable bonds is 6. The topological polar surface area (TPSA) is 58.8 Å². The number of carbonyl (C=O) groups is 1. The van der Waals surface area contributed by atoms with E-state index in [1.165, 1.54) is 0 Å². The number of oxazole rings is 1. The Hall–Kier alpha value is -2.34. The third-order valence-corrected chi connectivity index (χ3v) is 4.66. The molecule has 1 atom stereocenters. The van der Waals surface area contributed by atoms with Crippen LogP contribution in [0.4, 0.5) is 0 Å². The van der Waals surface area contributed by atoms with E-state index in [1.807, 2.05) is 48.2 Å². The van der Waals surface area contributed by atoms with E-state index in [1.54, 1.807) is 13.3 Å². The first-order valence-electron chi connectivity index (χ1n) is 9.05. The standard InChI is InChI=1S/C20H27N3O3/c1-22(2)14-19(24)23-9-5-7-16(13-23)20-21-12-18(26-20)11-15-6-4-8-17(10-15)25-3/h4,6,8,10,12,16H,5,7,9,11,13-14H2,1-3H3. The number of ether oxygens (including phenoxy) is 1. The number of hydrogen-bond acceptors (Lipinski definition) is 5. The van der Waals surface area contributed by atoms with Crippen molar-refractivity contribution < 1.29 is 13.9 Å². The lowest BCUT2D eigenvalue weighted by molar-refractivity contribution is -0.133. The van der Waals surface area contributed by atoms with E-state index in [0.29, 0.717) is 19.5 Å². The van der Waals surface area contributed by atoms with Gasteiger partial charge < -0.3 is 19.0 Å². The molecule has 3 rings (SSSR count). The molecule has 0 aliphatic carbocycles. The van der Waals surface area contributed by atoms with E-state index in [4.69, 9.17) is 9.15 Å². The number of benzene rings is 1. The fourth-order valence-electron chi connectivity index (χ4n) is 3.35. The molecule has 140 valence electrons. The van der Waals surface area contributed by atoms with Crippen LogP contribution in [0.2, 0.25) is 0 Å². The number of nitrogens with zero attached hydrogens (tertiary/aromatic N) is 3. The Morgan fingerprint density at radius 1 is 1.42 bits per heavy atom. The molecule has 1 fully saturated rings. The minimum absolute atomic E-state index is 0.169. The van der Waals surface area contributed by atoms with Crippen LogP contribution in [-0.2, 0) is 11.2 Å². The molecule has 2 heterocycles. The summed E-state index contributed by atoms with van der Waals surface area (Å²) in [7, 11) is 5.49. The smallest absolute Gasteiger partial charge is 0.236 e. The maximum atomic E-state index is 12.3. The number of piperidine rings is 1. The van der Waals surface area contributed by atoms with Crippen LogP contribution in [0, 0.1) is 0 Å². The molecule has 1 aliphatic rings. The van der Waals surface area contributed by atoms with Crippen molar-refractivity contribution in [1.29, 1.82) is 0 Å². The number of likely N-dealkylation sites (tertiary alicyclic amines) is 1. The van der Waals surface area contributed by atoms with Gasteiger partial charge in [0.1, 0.15) is 11.5 Å². The molecular formula is C20H27N3O3. The second kappa shape index (κ2) is 8.36. The molecule has 6 heteroatoms. The van der Waals surface area contributed by atoms with Crippen LogP contribution in [0.3, 0.4) is 0 Å². The van der Waals surface area contributed by atoms with Gasteiger partial charge in [-0.05, 0) is 44.6 Å². The Labute approximate surface area is 154 Å². The predicted molar refractivity (Wildman–Crippen MR) is 99.4 cm³/mol. The maximum Gasteiger partial charge on any atom is 0.236 e. The second-order valence-corrected chi connectivity index (χ2v) is 7.11. The first kappa shape index (κ1) is 18.5. The van der Waals surface area contributed by atoms with Crippen molar-refractivity contribution in [3.8, 4) is 5.75 Å². The van der Waals surface area contributed by atoms with Crippen LogP contribution < -0.4 is 4.74 Å². The average molecular weight is 357 g/mol. The molecule has 26 heavy (non-hydrogen) atoms. The minimum Gasteiger partial charge on any atom is -0.497 e. The molecule has 6 nitrogen and oxygen atoms in total. The summed E-state index contributed by atoms with van der Waals surface area (Å²) in [5, 5.41) is 0. The summed E-state index contributed by atoms with van der Waals surface area (Å²) in [5.41, 5.74) is 1.12. The molecule has 0 N–H and O–H groups in total. The van der Waals surface area contributed by atoms with E-state index in [-0.39, 0.29) is 11.8 Å². The van der Waals surface area contributed by atoms with Crippen molar-refractivity contribution in [2.45, 2.75) is 25.2 Å². The Bertz CT molecular complexity index is 741. The highest BCUT2D eigenvalue weighted by atomic mass is 16.5. The lowest BCUT2D eigenvalue weighted by Crippen LogP contribution is -2.43. The molecule has 1 aromatic heterocycles. The van der Waals surface area contributed by atoms with Gasteiger partial charge in [0.25, 0.3) is 0 Å². The van der Waals surface area contributed by atoms with Crippen LogP contribution in [-0.4, -0.2) is 61.5 Å². The molecular weight excluding hydrogens is 330 g/mol. The van der Waals surface area contributed by atoms with Gasteiger partial charge in [0.2, 0.25) is 5.91 Å². The summed E-state index contributed by atoms with van der Waals surface area (Å²) >= 11 is 0. The predicted octanol–water partition coefficient (Wildman–Crippen LogP) is 2.54. The van der Waals surface area contributed by atoms with Crippen molar-refractivity contribution in [3.63, 3.8) is 0 Å². The third-order valence-electron chi connectivity index (χ3n) is 4.66. The van der Waals surface area contributed by atoms with Gasteiger partial charge in [-0.25, -0.2) is 4.98 Å². The number of hydrogen-bond donors (Lipinski definition) is 0. The fourth-order valence-corrected chi connectivity index (χ4v) is 3.35. The molecule has 0 spiro atoms. The number of carbonyl (C=O) groups excluding carboxylic acids is 1. The van der Waals surface area contributed by atoms with Gasteiger partial charge in [0, 0.05) is 19.5 Å². The fraction of sp³-hybridized carbons (Fsp3) is 0.500. The second-order valence-electron chi connectivity index (χ2n) is 7.11. The summed E-state index contributed by atoms with van der Waals surface area (Å²) in [6.45, 7) is 1.95. The van der Waals surface area contributed by atoms with Crippen LogP contribution in [0.1, 0.15) is 36.0 Å².